The van der Waals surface area contributed by atoms with Crippen LogP contribution in [0.1, 0.15) is 40.5 Å². The Hall–Kier alpha value is -0.670. The molecule has 0 bridgehead atoms. The third-order valence-electron chi connectivity index (χ3n) is 3.64. The second-order valence-corrected chi connectivity index (χ2v) is 5.63. The Kier molecular flexibility index (Phi) is 3.60. The summed E-state index contributed by atoms with van der Waals surface area (Å²) in [6.07, 6.45) is 3.47. The zero-order valence-corrected chi connectivity index (χ0v) is 10.5. The summed E-state index contributed by atoms with van der Waals surface area (Å²) in [6, 6.07) is 0. The highest BCUT2D eigenvalue weighted by atomic mass is 16.3. The molecule has 0 aromatic carbocycles. The SMILES string of the molecule is C[C@H](O)/C=C/[C@]1(O)[C@H](C)CC(=O)CC1(C)C. The zero-order chi connectivity index (χ0) is 12.6. The molecule has 0 aromatic heterocycles. The molecule has 0 saturated heterocycles. The van der Waals surface area contributed by atoms with Crippen LogP contribution in [0.4, 0.5) is 0 Å². The summed E-state index contributed by atoms with van der Waals surface area (Å²) in [5, 5.41) is 19.9. The van der Waals surface area contributed by atoms with Crippen molar-refractivity contribution in [2.24, 2.45) is 11.3 Å². The molecule has 1 rings (SSSR count). The first-order valence-corrected chi connectivity index (χ1v) is 5.80. The fraction of sp³-hybridized carbons (Fsp3) is 0.769. The van der Waals surface area contributed by atoms with Gasteiger partial charge in [0.25, 0.3) is 0 Å². The minimum absolute atomic E-state index is 0.112. The Labute approximate surface area is 97.2 Å². The van der Waals surface area contributed by atoms with Crippen molar-refractivity contribution in [2.45, 2.75) is 52.2 Å². The van der Waals surface area contributed by atoms with E-state index in [0.717, 1.165) is 0 Å². The number of carbonyl (C=O) groups is 1. The molecule has 0 spiro atoms. The van der Waals surface area contributed by atoms with Gasteiger partial charge in [-0.2, -0.15) is 0 Å². The average molecular weight is 226 g/mol. The number of aliphatic hydroxyl groups excluding tert-OH is 1. The molecule has 1 saturated carbocycles. The van der Waals surface area contributed by atoms with Crippen molar-refractivity contribution in [3.8, 4) is 0 Å². The van der Waals surface area contributed by atoms with E-state index in [1.54, 1.807) is 19.1 Å². The molecule has 1 fully saturated rings. The van der Waals surface area contributed by atoms with Crippen LogP contribution in [0.2, 0.25) is 0 Å². The number of hydrogen-bond acceptors (Lipinski definition) is 3. The van der Waals surface area contributed by atoms with Crippen LogP contribution in [0, 0.1) is 11.3 Å². The molecule has 0 unspecified atom stereocenters. The van der Waals surface area contributed by atoms with Crippen molar-refractivity contribution in [3.63, 3.8) is 0 Å². The first-order valence-electron chi connectivity index (χ1n) is 5.80. The number of hydrogen-bond donors (Lipinski definition) is 2. The Morgan fingerprint density at radius 3 is 2.50 bits per heavy atom. The van der Waals surface area contributed by atoms with Crippen LogP contribution in [0.15, 0.2) is 12.2 Å². The van der Waals surface area contributed by atoms with Gasteiger partial charge in [-0.1, -0.05) is 32.9 Å². The maximum absolute atomic E-state index is 11.5. The van der Waals surface area contributed by atoms with E-state index in [4.69, 9.17) is 0 Å². The standard InChI is InChI=1S/C13H22O3/c1-9-7-11(15)8-12(3,4)13(9,16)6-5-10(2)14/h5-6,9-10,14,16H,7-8H2,1-4H3/b6-5+/t9-,10+,13+/m1/s1. The maximum Gasteiger partial charge on any atom is 0.133 e. The van der Waals surface area contributed by atoms with Gasteiger partial charge in [0, 0.05) is 18.3 Å². The van der Waals surface area contributed by atoms with Gasteiger partial charge in [0.15, 0.2) is 0 Å². The van der Waals surface area contributed by atoms with Crippen molar-refractivity contribution < 1.29 is 15.0 Å². The van der Waals surface area contributed by atoms with Crippen molar-refractivity contribution in [1.29, 1.82) is 0 Å². The largest absolute Gasteiger partial charge is 0.389 e. The third-order valence-corrected chi connectivity index (χ3v) is 3.64. The van der Waals surface area contributed by atoms with Gasteiger partial charge in [0.05, 0.1) is 11.7 Å². The van der Waals surface area contributed by atoms with Crippen molar-refractivity contribution in [1.82, 2.24) is 0 Å². The topological polar surface area (TPSA) is 57.5 Å². The molecule has 3 atom stereocenters. The average Bonchev–Trinajstić information content (AvgIpc) is 2.10. The van der Waals surface area contributed by atoms with Crippen LogP contribution >= 0.6 is 0 Å². The van der Waals surface area contributed by atoms with E-state index in [1.165, 1.54) is 0 Å². The maximum atomic E-state index is 11.5. The third kappa shape index (κ3) is 2.36. The van der Waals surface area contributed by atoms with Gasteiger partial charge in [-0.3, -0.25) is 4.79 Å². The Balaban J connectivity index is 3.02. The Morgan fingerprint density at radius 2 is 2.06 bits per heavy atom. The normalized spacial score (nSPS) is 36.6. The molecular weight excluding hydrogens is 204 g/mol. The summed E-state index contributed by atoms with van der Waals surface area (Å²) in [5.74, 6) is 0.0892. The molecule has 0 aliphatic heterocycles. The van der Waals surface area contributed by atoms with Gasteiger partial charge in [0.2, 0.25) is 0 Å². The van der Waals surface area contributed by atoms with Gasteiger partial charge >= 0.3 is 0 Å². The molecule has 0 amide bonds. The van der Waals surface area contributed by atoms with Crippen molar-refractivity contribution in [2.75, 3.05) is 0 Å². The van der Waals surface area contributed by atoms with E-state index in [2.05, 4.69) is 0 Å². The molecule has 0 heterocycles. The van der Waals surface area contributed by atoms with Gasteiger partial charge in [0.1, 0.15) is 5.78 Å². The predicted octanol–water partition coefficient (Wildman–Crippen LogP) is 1.68. The highest BCUT2D eigenvalue weighted by molar-refractivity contribution is 5.81. The van der Waals surface area contributed by atoms with Gasteiger partial charge in [-0.05, 0) is 12.8 Å². The van der Waals surface area contributed by atoms with Crippen molar-refractivity contribution in [3.05, 3.63) is 12.2 Å². The lowest BCUT2D eigenvalue weighted by Gasteiger charge is -2.48. The lowest BCUT2D eigenvalue weighted by molar-refractivity contribution is -0.142. The molecule has 3 nitrogen and oxygen atoms in total. The number of Topliss-reactive ketones (excluding diaryl/α,β-unsaturated/α-hetero) is 1. The summed E-state index contributed by atoms with van der Waals surface area (Å²) in [6.45, 7) is 7.32. The van der Waals surface area contributed by atoms with E-state index in [1.807, 2.05) is 20.8 Å². The molecule has 0 radical (unpaired) electrons. The second-order valence-electron chi connectivity index (χ2n) is 5.63. The zero-order valence-electron chi connectivity index (χ0n) is 10.5. The predicted molar refractivity (Wildman–Crippen MR) is 63.0 cm³/mol. The van der Waals surface area contributed by atoms with E-state index < -0.39 is 17.1 Å². The molecule has 16 heavy (non-hydrogen) atoms. The summed E-state index contributed by atoms with van der Waals surface area (Å²) < 4.78 is 0. The van der Waals surface area contributed by atoms with Crippen LogP contribution in [-0.2, 0) is 4.79 Å². The van der Waals surface area contributed by atoms with Gasteiger partial charge in [-0.25, -0.2) is 0 Å². The molecule has 2 N–H and O–H groups in total. The lowest BCUT2D eigenvalue weighted by atomic mass is 9.60. The molecule has 1 aliphatic carbocycles. The fourth-order valence-corrected chi connectivity index (χ4v) is 2.55. The number of rotatable bonds is 2. The van der Waals surface area contributed by atoms with E-state index in [9.17, 15) is 15.0 Å². The molecule has 92 valence electrons. The van der Waals surface area contributed by atoms with Crippen LogP contribution in [-0.4, -0.2) is 27.7 Å². The summed E-state index contributed by atoms with van der Waals surface area (Å²) in [4.78, 5) is 11.5. The first-order chi connectivity index (χ1) is 7.19. The molecular formula is C13H22O3. The van der Waals surface area contributed by atoms with Crippen LogP contribution < -0.4 is 0 Å². The monoisotopic (exact) mass is 226 g/mol. The summed E-state index contributed by atoms with van der Waals surface area (Å²) in [7, 11) is 0. The summed E-state index contributed by atoms with van der Waals surface area (Å²) in [5.41, 5.74) is -1.50. The number of ketones is 1. The minimum Gasteiger partial charge on any atom is -0.389 e. The fourth-order valence-electron chi connectivity index (χ4n) is 2.55. The van der Waals surface area contributed by atoms with E-state index in [-0.39, 0.29) is 11.7 Å². The Morgan fingerprint density at radius 1 is 1.50 bits per heavy atom. The van der Waals surface area contributed by atoms with Gasteiger partial charge in [-0.15, -0.1) is 0 Å². The van der Waals surface area contributed by atoms with Gasteiger partial charge < -0.3 is 10.2 Å². The van der Waals surface area contributed by atoms with E-state index in [0.29, 0.717) is 12.8 Å². The second kappa shape index (κ2) is 4.30. The first kappa shape index (κ1) is 13.4. The number of aliphatic hydroxyl groups is 2. The molecule has 1 aliphatic rings. The quantitative estimate of drug-likeness (QED) is 0.704. The Bertz CT molecular complexity index is 304. The smallest absolute Gasteiger partial charge is 0.133 e. The summed E-state index contributed by atoms with van der Waals surface area (Å²) >= 11 is 0. The van der Waals surface area contributed by atoms with Crippen LogP contribution in [0.5, 0.6) is 0 Å². The van der Waals surface area contributed by atoms with Crippen molar-refractivity contribution >= 4 is 5.78 Å². The lowest BCUT2D eigenvalue weighted by Crippen LogP contribution is -2.53. The molecule has 0 aromatic rings. The highest BCUT2D eigenvalue weighted by Gasteiger charge is 2.50. The molecule has 3 heteroatoms. The number of carbonyl (C=O) groups excluding carboxylic acids is 1. The minimum atomic E-state index is -1.02. The van der Waals surface area contributed by atoms with Crippen LogP contribution in [0.25, 0.3) is 0 Å². The highest BCUT2D eigenvalue weighted by Crippen LogP contribution is 2.46. The van der Waals surface area contributed by atoms with Crippen LogP contribution in [0.3, 0.4) is 0 Å². The van der Waals surface area contributed by atoms with E-state index >= 15 is 0 Å².